The van der Waals surface area contributed by atoms with Gasteiger partial charge in [0.05, 0.1) is 0 Å². The molecule has 0 aliphatic carbocycles. The standard InChI is InChI=1S/2BH4.2K.Li.H/h2*1H4;;;;/q2*-1;3*+1;-1. The molecule has 0 saturated carbocycles. The monoisotopic (exact) mass is 116 g/mol. The Hall–Kier alpha value is 4.00. The molecule has 0 aromatic rings. The zero-order valence-corrected chi connectivity index (χ0v) is 9.25. The van der Waals surface area contributed by atoms with Gasteiger partial charge < -0.3 is 1.43 Å². The number of hydrogen-bond acceptors (Lipinski definition) is 0. The van der Waals surface area contributed by atoms with Gasteiger partial charge >= 0.3 is 122 Å². The molecule has 0 rings (SSSR count). The van der Waals surface area contributed by atoms with Gasteiger partial charge in [0.25, 0.3) is 0 Å². The van der Waals surface area contributed by atoms with Crippen molar-refractivity contribution in [3.8, 4) is 0 Å². The molecule has 0 aliphatic rings. The Labute approximate surface area is 136 Å². The van der Waals surface area contributed by atoms with Gasteiger partial charge in [-0.2, -0.15) is 0 Å². The molecule has 0 amide bonds. The Morgan fingerprint density at radius 1 is 0.800 bits per heavy atom. The van der Waals surface area contributed by atoms with Crippen molar-refractivity contribution in [2.75, 3.05) is 0 Å². The molecule has 0 radical (unpaired) electrons. The molecule has 0 unspecified atom stereocenters. The first kappa shape index (κ1) is 36.0. The van der Waals surface area contributed by atoms with E-state index in [1.54, 1.807) is 0 Å². The molecule has 5 heavy (non-hydrogen) atoms. The molecule has 0 heterocycles. The third-order valence-electron chi connectivity index (χ3n) is 0. The van der Waals surface area contributed by atoms with Crippen LogP contribution in [-0.4, -0.2) is 16.8 Å². The van der Waals surface area contributed by atoms with Gasteiger partial charge in [-0.15, -0.1) is 0 Å². The normalized spacial score (nSPS) is 0. The maximum absolute atomic E-state index is 0. The first-order chi connectivity index (χ1) is 0. The molecular formula is H9B2K2Li. The van der Waals surface area contributed by atoms with Crippen LogP contribution in [0.5, 0.6) is 0 Å². The van der Waals surface area contributed by atoms with Crippen molar-refractivity contribution in [3.05, 3.63) is 0 Å². The van der Waals surface area contributed by atoms with E-state index in [0.29, 0.717) is 0 Å². The Morgan fingerprint density at radius 3 is 0.800 bits per heavy atom. The molecule has 0 atom stereocenters. The van der Waals surface area contributed by atoms with Gasteiger partial charge in [-0.1, -0.05) is 16.8 Å². The average molecular weight is 116 g/mol. The summed E-state index contributed by atoms with van der Waals surface area (Å²) in [5.74, 6) is 0. The Kier molecular flexibility index (Phi) is 176. The van der Waals surface area contributed by atoms with E-state index in [4.69, 9.17) is 0 Å². The van der Waals surface area contributed by atoms with Crippen LogP contribution in [0.2, 0.25) is 0 Å². The predicted octanol–water partition coefficient (Wildman–Crippen LogP) is -11.8. The van der Waals surface area contributed by atoms with E-state index in [2.05, 4.69) is 0 Å². The van der Waals surface area contributed by atoms with Gasteiger partial charge in [0.2, 0.25) is 0 Å². The van der Waals surface area contributed by atoms with E-state index < -0.39 is 0 Å². The fourth-order valence-electron chi connectivity index (χ4n) is 0. The third-order valence-corrected chi connectivity index (χ3v) is 0. The van der Waals surface area contributed by atoms with Crippen LogP contribution in [0.25, 0.3) is 0 Å². The van der Waals surface area contributed by atoms with E-state index >= 15 is 0 Å². The maximum atomic E-state index is 0. The molecule has 0 aromatic carbocycles. The summed E-state index contributed by atoms with van der Waals surface area (Å²) >= 11 is 0. The molecule has 18 valence electrons. The smallest absolute Gasteiger partial charge is 1.00 e. The Bertz CT molecular complexity index is 11.5. The van der Waals surface area contributed by atoms with Crippen molar-refractivity contribution in [1.82, 2.24) is 0 Å². The second kappa shape index (κ2) is 24.5. The van der Waals surface area contributed by atoms with E-state index in [1.807, 2.05) is 0 Å². The van der Waals surface area contributed by atoms with Gasteiger partial charge in [0.15, 0.2) is 0 Å². The van der Waals surface area contributed by atoms with Gasteiger partial charge in [-0.3, -0.25) is 0 Å². The minimum absolute atomic E-state index is 0. The number of rotatable bonds is 0. The molecule has 0 aliphatic heterocycles. The largest absolute Gasteiger partial charge is 1.00 e. The summed E-state index contributed by atoms with van der Waals surface area (Å²) in [7, 11) is 0. The van der Waals surface area contributed by atoms with E-state index in [9.17, 15) is 0 Å². The van der Waals surface area contributed by atoms with E-state index in [0.717, 1.165) is 0 Å². The summed E-state index contributed by atoms with van der Waals surface area (Å²) in [6.07, 6.45) is 0. The van der Waals surface area contributed by atoms with E-state index in [1.165, 1.54) is 0 Å². The van der Waals surface area contributed by atoms with Crippen LogP contribution in [0.3, 0.4) is 0 Å². The molecule has 5 heteroatoms. The zero-order valence-electron chi connectivity index (χ0n) is 4.00. The fraction of sp³-hybridized carbons (Fsp3) is 0. The van der Waals surface area contributed by atoms with Crippen molar-refractivity contribution in [2.24, 2.45) is 0 Å². The molecule has 0 bridgehead atoms. The second-order valence-electron chi connectivity index (χ2n) is 0. The van der Waals surface area contributed by atoms with Crippen LogP contribution in [0.1, 0.15) is 1.43 Å². The van der Waals surface area contributed by atoms with Crippen molar-refractivity contribution in [3.63, 3.8) is 0 Å². The van der Waals surface area contributed by atoms with Crippen molar-refractivity contribution < 1.29 is 123 Å². The van der Waals surface area contributed by atoms with Crippen LogP contribution in [0.15, 0.2) is 0 Å². The summed E-state index contributed by atoms with van der Waals surface area (Å²) in [6, 6.07) is 0. The molecule has 0 saturated heterocycles. The van der Waals surface area contributed by atoms with Crippen LogP contribution in [0, 0.1) is 0 Å². The Balaban J connectivity index is 0. The minimum Gasteiger partial charge on any atom is -1.00 e. The molecule has 0 nitrogen and oxygen atoms in total. The summed E-state index contributed by atoms with van der Waals surface area (Å²) in [5, 5.41) is 0. The first-order valence-electron chi connectivity index (χ1n) is 0. The number of hydrogen-bond donors (Lipinski definition) is 0. The zero-order chi connectivity index (χ0) is 0. The summed E-state index contributed by atoms with van der Waals surface area (Å²) in [6.45, 7) is 0. The maximum Gasteiger partial charge on any atom is 1.00 e. The van der Waals surface area contributed by atoms with Crippen LogP contribution >= 0.6 is 0 Å². The average Bonchev–Trinajstić information content (AvgIpc) is 0. The second-order valence-corrected chi connectivity index (χ2v) is 0. The van der Waals surface area contributed by atoms with Crippen molar-refractivity contribution in [2.45, 2.75) is 0 Å². The van der Waals surface area contributed by atoms with E-state index in [-0.39, 0.29) is 140 Å². The molecule has 0 aromatic heterocycles. The van der Waals surface area contributed by atoms with Gasteiger partial charge in [0.1, 0.15) is 0 Å². The molecular weight excluding hydrogens is 107 g/mol. The quantitative estimate of drug-likeness (QED) is 0.275. The van der Waals surface area contributed by atoms with Crippen LogP contribution in [-0.2, 0) is 0 Å². The third kappa shape index (κ3) is 18.0. The van der Waals surface area contributed by atoms with Crippen LogP contribution < -0.4 is 122 Å². The summed E-state index contributed by atoms with van der Waals surface area (Å²) in [5.41, 5.74) is 0. The minimum atomic E-state index is 0. The predicted molar refractivity (Wildman–Crippen MR) is 23.8 cm³/mol. The van der Waals surface area contributed by atoms with Crippen LogP contribution in [0.4, 0.5) is 0 Å². The van der Waals surface area contributed by atoms with Crippen molar-refractivity contribution >= 4 is 16.8 Å². The molecule has 0 N–H and O–H groups in total. The van der Waals surface area contributed by atoms with Gasteiger partial charge in [0, 0.05) is 0 Å². The molecule has 0 spiro atoms. The summed E-state index contributed by atoms with van der Waals surface area (Å²) < 4.78 is 0. The van der Waals surface area contributed by atoms with Crippen molar-refractivity contribution in [1.29, 1.82) is 0 Å². The SMILES string of the molecule is [BH4-].[BH4-].[H-].[K+].[K+].[Li+]. The summed E-state index contributed by atoms with van der Waals surface area (Å²) in [4.78, 5) is 0. The fourth-order valence-corrected chi connectivity index (χ4v) is 0. The van der Waals surface area contributed by atoms with Gasteiger partial charge in [-0.05, 0) is 0 Å². The topological polar surface area (TPSA) is 0 Å². The molecule has 0 fully saturated rings. The first-order valence-corrected chi connectivity index (χ1v) is 0. The van der Waals surface area contributed by atoms with Gasteiger partial charge in [-0.25, -0.2) is 0 Å². The Morgan fingerprint density at radius 2 is 0.800 bits per heavy atom.